The molecule has 2 aromatic rings. The van der Waals surface area contributed by atoms with Gasteiger partial charge in [0.05, 0.1) is 22.3 Å². The Morgan fingerprint density at radius 3 is 2.63 bits per heavy atom. The van der Waals surface area contributed by atoms with Crippen LogP contribution in [0.2, 0.25) is 10.0 Å². The second kappa shape index (κ2) is 10.3. The summed E-state index contributed by atoms with van der Waals surface area (Å²) in [5, 5.41) is 11.6. The topological polar surface area (TPSA) is 117 Å². The second-order valence-electron chi connectivity index (χ2n) is 6.65. The number of alkyl carbamates (subject to hydrolysis) is 1. The number of rotatable bonds is 8. The van der Waals surface area contributed by atoms with Crippen LogP contribution in [0.15, 0.2) is 24.3 Å². The van der Waals surface area contributed by atoms with Crippen LogP contribution in [0.5, 0.6) is 0 Å². The van der Waals surface area contributed by atoms with Gasteiger partial charge in [-0.1, -0.05) is 23.2 Å². The lowest BCUT2D eigenvalue weighted by molar-refractivity contribution is 0.148. The Morgan fingerprint density at radius 1 is 1.13 bits per heavy atom. The number of carbonyl (C=O) groups excluding carboxylic acids is 2. The van der Waals surface area contributed by atoms with Gasteiger partial charge in [-0.25, -0.2) is 14.6 Å². The second-order valence-corrected chi connectivity index (χ2v) is 7.46. The quantitative estimate of drug-likeness (QED) is 0.439. The van der Waals surface area contributed by atoms with Crippen molar-refractivity contribution in [3.63, 3.8) is 0 Å². The Morgan fingerprint density at radius 2 is 1.93 bits per heavy atom. The van der Waals surface area contributed by atoms with Gasteiger partial charge < -0.3 is 20.7 Å². The number of carbonyl (C=O) groups is 2. The molecule has 0 saturated heterocycles. The van der Waals surface area contributed by atoms with Gasteiger partial charge in [-0.3, -0.25) is 5.32 Å². The molecule has 0 radical (unpaired) electrons. The van der Waals surface area contributed by atoms with E-state index < -0.39 is 12.1 Å². The largest absolute Gasteiger partial charge is 0.450 e. The Hall–Kier alpha value is -2.78. The summed E-state index contributed by atoms with van der Waals surface area (Å²) >= 11 is 11.9. The molecule has 30 heavy (non-hydrogen) atoms. The van der Waals surface area contributed by atoms with Gasteiger partial charge in [-0.15, -0.1) is 0 Å². The Bertz CT molecular complexity index is 923. The number of halogens is 2. The van der Waals surface area contributed by atoms with E-state index in [0.29, 0.717) is 40.4 Å². The van der Waals surface area contributed by atoms with E-state index >= 15 is 0 Å². The summed E-state index contributed by atoms with van der Waals surface area (Å²) < 4.78 is 4.94. The fraction of sp³-hybridized carbons (Fsp3) is 0.368. The van der Waals surface area contributed by atoms with E-state index in [4.69, 9.17) is 27.9 Å². The molecule has 9 nitrogen and oxygen atoms in total. The molecule has 0 spiro atoms. The van der Waals surface area contributed by atoms with Crippen LogP contribution in [0.3, 0.4) is 0 Å². The first kappa shape index (κ1) is 21.9. The lowest BCUT2D eigenvalue weighted by Crippen LogP contribution is -2.22. The average Bonchev–Trinajstić information content (AvgIpc) is 3.55. The van der Waals surface area contributed by atoms with Crippen LogP contribution in [0.25, 0.3) is 0 Å². The van der Waals surface area contributed by atoms with E-state index in [1.165, 1.54) is 7.05 Å². The van der Waals surface area contributed by atoms with Crippen molar-refractivity contribution in [1.82, 2.24) is 15.3 Å². The number of nitrogens with zero attached hydrogens (tertiary/aromatic N) is 2. The molecule has 3 amide bonds. The fourth-order valence-electron chi connectivity index (χ4n) is 2.56. The summed E-state index contributed by atoms with van der Waals surface area (Å²) in [6.07, 6.45) is 2.26. The van der Waals surface area contributed by atoms with Crippen molar-refractivity contribution in [3.05, 3.63) is 40.0 Å². The molecule has 11 heteroatoms. The van der Waals surface area contributed by atoms with E-state index in [0.717, 1.165) is 18.5 Å². The van der Waals surface area contributed by atoms with Gasteiger partial charge >= 0.3 is 12.1 Å². The SMILES string of the molecule is CNC(=O)OCCCNc1cc(C2CC2)nc(NC(=O)Nc2ccc(Cl)c(Cl)c2)n1. The van der Waals surface area contributed by atoms with Crippen molar-refractivity contribution in [1.29, 1.82) is 0 Å². The zero-order valence-corrected chi connectivity index (χ0v) is 17.8. The number of anilines is 3. The van der Waals surface area contributed by atoms with Crippen LogP contribution in [0, 0.1) is 0 Å². The zero-order valence-electron chi connectivity index (χ0n) is 16.3. The van der Waals surface area contributed by atoms with Gasteiger partial charge in [-0.2, -0.15) is 4.98 Å². The predicted octanol–water partition coefficient (Wildman–Crippen LogP) is 4.46. The third kappa shape index (κ3) is 6.64. The number of urea groups is 1. The third-order valence-electron chi connectivity index (χ3n) is 4.21. The maximum atomic E-state index is 12.3. The average molecular weight is 453 g/mol. The van der Waals surface area contributed by atoms with Crippen LogP contribution in [-0.2, 0) is 4.74 Å². The van der Waals surface area contributed by atoms with Gasteiger partial charge in [0.25, 0.3) is 0 Å². The van der Waals surface area contributed by atoms with Crippen LogP contribution in [-0.4, -0.2) is 42.3 Å². The normalized spacial score (nSPS) is 12.8. The minimum Gasteiger partial charge on any atom is -0.450 e. The van der Waals surface area contributed by atoms with Crippen molar-refractivity contribution in [2.45, 2.75) is 25.2 Å². The lowest BCUT2D eigenvalue weighted by Gasteiger charge is -2.11. The summed E-state index contributed by atoms with van der Waals surface area (Å²) in [6.45, 7) is 0.831. The Balaban J connectivity index is 1.58. The van der Waals surface area contributed by atoms with Crippen molar-refractivity contribution >= 4 is 52.8 Å². The number of benzene rings is 1. The molecule has 3 rings (SSSR count). The molecule has 1 aromatic heterocycles. The van der Waals surface area contributed by atoms with Gasteiger partial charge in [0.1, 0.15) is 5.82 Å². The van der Waals surface area contributed by atoms with E-state index in [1.807, 2.05) is 6.07 Å². The van der Waals surface area contributed by atoms with E-state index in [1.54, 1.807) is 18.2 Å². The molecule has 1 heterocycles. The first-order valence-corrected chi connectivity index (χ1v) is 10.2. The summed E-state index contributed by atoms with van der Waals surface area (Å²) in [7, 11) is 1.51. The molecule has 1 aliphatic rings. The number of hydrogen-bond donors (Lipinski definition) is 4. The predicted molar refractivity (Wildman–Crippen MR) is 117 cm³/mol. The van der Waals surface area contributed by atoms with Gasteiger partial charge in [0, 0.05) is 31.3 Å². The van der Waals surface area contributed by atoms with Crippen LogP contribution < -0.4 is 21.3 Å². The zero-order chi connectivity index (χ0) is 21.5. The molecule has 1 saturated carbocycles. The van der Waals surface area contributed by atoms with E-state index in [-0.39, 0.29) is 12.6 Å². The van der Waals surface area contributed by atoms with E-state index in [9.17, 15) is 9.59 Å². The highest BCUT2D eigenvalue weighted by Gasteiger charge is 2.26. The number of amides is 3. The van der Waals surface area contributed by atoms with Crippen molar-refractivity contribution in [3.8, 4) is 0 Å². The highest BCUT2D eigenvalue weighted by molar-refractivity contribution is 6.42. The van der Waals surface area contributed by atoms with Crippen LogP contribution in [0.4, 0.5) is 27.0 Å². The van der Waals surface area contributed by atoms with Gasteiger partial charge in [0.2, 0.25) is 5.95 Å². The highest BCUT2D eigenvalue weighted by Crippen LogP contribution is 2.39. The minimum absolute atomic E-state index is 0.195. The standard InChI is InChI=1S/C19H22Cl2N6O3/c1-22-19(29)30-8-2-7-23-16-10-15(11-3-4-11)25-17(26-16)27-18(28)24-12-5-6-13(20)14(21)9-12/h5-6,9-11H,2-4,7-8H2,1H3,(H,22,29)(H3,23,24,25,26,27,28). The molecule has 1 aliphatic carbocycles. The number of nitrogens with one attached hydrogen (secondary N) is 4. The molecule has 0 atom stereocenters. The Labute approximate surface area is 183 Å². The lowest BCUT2D eigenvalue weighted by atomic mass is 10.3. The monoisotopic (exact) mass is 452 g/mol. The Kier molecular flexibility index (Phi) is 7.53. The summed E-state index contributed by atoms with van der Waals surface area (Å²) in [5.41, 5.74) is 1.37. The molecule has 160 valence electrons. The van der Waals surface area contributed by atoms with Crippen LogP contribution in [0.1, 0.15) is 30.9 Å². The molecule has 1 aromatic carbocycles. The van der Waals surface area contributed by atoms with Crippen molar-refractivity contribution < 1.29 is 14.3 Å². The molecule has 0 unspecified atom stereocenters. The van der Waals surface area contributed by atoms with Crippen LogP contribution >= 0.6 is 23.2 Å². The molecule has 4 N–H and O–H groups in total. The molecular weight excluding hydrogens is 431 g/mol. The fourth-order valence-corrected chi connectivity index (χ4v) is 2.86. The molecule has 0 bridgehead atoms. The van der Waals surface area contributed by atoms with Crippen molar-refractivity contribution in [2.75, 3.05) is 36.1 Å². The maximum absolute atomic E-state index is 12.3. The van der Waals surface area contributed by atoms with Gasteiger partial charge in [0.15, 0.2) is 0 Å². The molecule has 0 aliphatic heterocycles. The highest BCUT2D eigenvalue weighted by atomic mass is 35.5. The maximum Gasteiger partial charge on any atom is 0.406 e. The number of aromatic nitrogens is 2. The smallest absolute Gasteiger partial charge is 0.406 e. The van der Waals surface area contributed by atoms with E-state index in [2.05, 4.69) is 31.2 Å². The number of hydrogen-bond acceptors (Lipinski definition) is 6. The van der Waals surface area contributed by atoms with Gasteiger partial charge in [-0.05, 0) is 37.5 Å². The minimum atomic E-state index is -0.494. The molecular formula is C19H22Cl2N6O3. The third-order valence-corrected chi connectivity index (χ3v) is 4.95. The summed E-state index contributed by atoms with van der Waals surface area (Å²) in [5.74, 6) is 1.17. The van der Waals surface area contributed by atoms with Crippen molar-refractivity contribution in [2.24, 2.45) is 0 Å². The molecule has 1 fully saturated rings. The first-order valence-electron chi connectivity index (χ1n) is 9.45. The first-order chi connectivity index (χ1) is 14.4. The number of ether oxygens (including phenoxy) is 1. The summed E-state index contributed by atoms with van der Waals surface area (Å²) in [4.78, 5) is 32.2. The summed E-state index contributed by atoms with van der Waals surface area (Å²) in [6, 6.07) is 6.17.